The number of halogens is 1. The summed E-state index contributed by atoms with van der Waals surface area (Å²) in [7, 11) is 3.33. The quantitative estimate of drug-likeness (QED) is 0.370. The molecule has 2 N–H and O–H groups in total. The smallest absolute Gasteiger partial charge is 0.337 e. The Labute approximate surface area is 136 Å². The maximum atomic E-state index is 11.4. The molecule has 0 radical (unpaired) electrons. The Kier molecular flexibility index (Phi) is 6.25. The number of hydrogen-bond donors (Lipinski definition) is 1. The maximum Gasteiger partial charge on any atom is 0.337 e. The highest BCUT2D eigenvalue weighted by Gasteiger charge is 2.27. The van der Waals surface area contributed by atoms with E-state index in [4.69, 9.17) is 5.73 Å². The predicted octanol–water partition coefficient (Wildman–Crippen LogP) is 2.00. The molecule has 0 amide bonds. The number of rotatable bonds is 4. The first-order valence-corrected chi connectivity index (χ1v) is 6.32. The highest BCUT2D eigenvalue weighted by Crippen LogP contribution is 2.24. The third kappa shape index (κ3) is 4.36. The Hall–Kier alpha value is -1.31. The molecule has 0 bridgehead atoms. The molecule has 5 nitrogen and oxygen atoms in total. The van der Waals surface area contributed by atoms with Gasteiger partial charge in [0.05, 0.1) is 19.2 Å². The molecule has 0 saturated heterocycles. The molecule has 0 aliphatic heterocycles. The van der Waals surface area contributed by atoms with Crippen LogP contribution in [0.25, 0.3) is 0 Å². The van der Waals surface area contributed by atoms with Crippen molar-refractivity contribution in [1.82, 2.24) is 4.90 Å². The largest absolute Gasteiger partial charge is 0.465 e. The number of benzene rings is 1. The van der Waals surface area contributed by atoms with Crippen LogP contribution in [0.3, 0.4) is 0 Å². The van der Waals surface area contributed by atoms with Crippen LogP contribution in [0.4, 0.5) is 0 Å². The van der Waals surface area contributed by atoms with Gasteiger partial charge in [-0.05, 0) is 30.5 Å². The number of carbonyl (C=O) groups is 1. The van der Waals surface area contributed by atoms with E-state index in [1.54, 1.807) is 12.1 Å². The van der Waals surface area contributed by atoms with Crippen LogP contribution in [0.2, 0.25) is 0 Å². The summed E-state index contributed by atoms with van der Waals surface area (Å²) in [6, 6.07) is 7.78. The predicted molar refractivity (Wildman–Crippen MR) is 89.3 cm³/mol. The van der Waals surface area contributed by atoms with Gasteiger partial charge in [-0.25, -0.2) is 9.79 Å². The first-order valence-electron chi connectivity index (χ1n) is 6.32. The van der Waals surface area contributed by atoms with Gasteiger partial charge in [-0.3, -0.25) is 0 Å². The first kappa shape index (κ1) is 16.7. The average molecular weight is 389 g/mol. The Balaban J connectivity index is 0.00000200. The third-order valence-electron chi connectivity index (χ3n) is 3.23. The number of methoxy groups -OCH3 is 1. The number of aliphatic imine (C=N–C) groups is 1. The first-order chi connectivity index (χ1) is 9.11. The van der Waals surface area contributed by atoms with Crippen LogP contribution in [0, 0.1) is 0 Å². The summed E-state index contributed by atoms with van der Waals surface area (Å²) in [4.78, 5) is 17.8. The Morgan fingerprint density at radius 2 is 2.20 bits per heavy atom. The summed E-state index contributed by atoms with van der Waals surface area (Å²) in [6.45, 7) is 0.466. The molecular weight excluding hydrogens is 369 g/mol. The topological polar surface area (TPSA) is 67.9 Å². The highest BCUT2D eigenvalue weighted by molar-refractivity contribution is 14.0. The van der Waals surface area contributed by atoms with E-state index in [0.29, 0.717) is 24.1 Å². The van der Waals surface area contributed by atoms with Crippen molar-refractivity contribution in [2.45, 2.75) is 25.4 Å². The van der Waals surface area contributed by atoms with Crippen molar-refractivity contribution in [3.8, 4) is 0 Å². The number of guanidine groups is 1. The second-order valence-corrected chi connectivity index (χ2v) is 4.71. The molecule has 6 heteroatoms. The monoisotopic (exact) mass is 389 g/mol. The second-order valence-electron chi connectivity index (χ2n) is 4.71. The molecular formula is C14H20IN3O2. The fourth-order valence-corrected chi connectivity index (χ4v) is 1.85. The number of hydrogen-bond acceptors (Lipinski definition) is 3. The van der Waals surface area contributed by atoms with Gasteiger partial charge >= 0.3 is 5.97 Å². The van der Waals surface area contributed by atoms with E-state index in [-0.39, 0.29) is 29.9 Å². The second kappa shape index (κ2) is 7.47. The zero-order valence-electron chi connectivity index (χ0n) is 11.7. The van der Waals surface area contributed by atoms with Crippen LogP contribution < -0.4 is 5.73 Å². The molecule has 1 aromatic rings. The summed E-state index contributed by atoms with van der Waals surface area (Å²) in [5.74, 6) is 0.208. The Morgan fingerprint density at radius 1 is 1.50 bits per heavy atom. The normalized spacial score (nSPS) is 14.4. The minimum absolute atomic E-state index is 0. The van der Waals surface area contributed by atoms with Gasteiger partial charge in [0.15, 0.2) is 5.96 Å². The van der Waals surface area contributed by atoms with Gasteiger partial charge in [0.2, 0.25) is 0 Å². The van der Waals surface area contributed by atoms with Crippen molar-refractivity contribution >= 4 is 35.9 Å². The van der Waals surface area contributed by atoms with E-state index >= 15 is 0 Å². The molecule has 0 aromatic heterocycles. The molecule has 0 unspecified atom stereocenters. The minimum atomic E-state index is -0.339. The zero-order chi connectivity index (χ0) is 13.8. The van der Waals surface area contributed by atoms with Gasteiger partial charge in [-0.15, -0.1) is 24.0 Å². The van der Waals surface area contributed by atoms with E-state index in [1.807, 2.05) is 24.1 Å². The molecule has 20 heavy (non-hydrogen) atoms. The summed E-state index contributed by atoms with van der Waals surface area (Å²) in [6.07, 6.45) is 2.37. The molecule has 1 aliphatic rings. The van der Waals surface area contributed by atoms with E-state index < -0.39 is 0 Å². The fraction of sp³-hybridized carbons (Fsp3) is 0.429. The lowest BCUT2D eigenvalue weighted by Crippen LogP contribution is -2.35. The van der Waals surface area contributed by atoms with E-state index in [1.165, 1.54) is 20.0 Å². The van der Waals surface area contributed by atoms with Crippen molar-refractivity contribution in [2.75, 3.05) is 14.2 Å². The standard InChI is InChI=1S/C14H19N3O2.HI/c1-17(12-6-7-12)14(15)16-9-10-4-3-5-11(8-10)13(18)19-2;/h3-5,8,12H,6-7,9H2,1-2H3,(H2,15,16);1H. The Morgan fingerprint density at radius 3 is 2.80 bits per heavy atom. The minimum Gasteiger partial charge on any atom is -0.465 e. The molecule has 0 atom stereocenters. The van der Waals surface area contributed by atoms with Crippen molar-refractivity contribution in [3.63, 3.8) is 0 Å². The Bertz CT molecular complexity index is 501. The zero-order valence-corrected chi connectivity index (χ0v) is 14.0. The van der Waals surface area contributed by atoms with E-state index in [9.17, 15) is 4.79 Å². The number of esters is 1. The van der Waals surface area contributed by atoms with Crippen LogP contribution in [0.15, 0.2) is 29.3 Å². The molecule has 1 saturated carbocycles. The van der Waals surface area contributed by atoms with Gasteiger partial charge in [0.25, 0.3) is 0 Å². The lowest BCUT2D eigenvalue weighted by atomic mass is 10.1. The van der Waals surface area contributed by atoms with Crippen LogP contribution >= 0.6 is 24.0 Å². The average Bonchev–Trinajstić information content (AvgIpc) is 3.28. The van der Waals surface area contributed by atoms with Gasteiger partial charge in [0, 0.05) is 13.1 Å². The molecule has 1 aliphatic carbocycles. The van der Waals surface area contributed by atoms with E-state index in [0.717, 1.165) is 5.56 Å². The molecule has 2 rings (SSSR count). The summed E-state index contributed by atoms with van der Waals surface area (Å²) in [5.41, 5.74) is 7.39. The number of carbonyl (C=O) groups excluding carboxylic acids is 1. The van der Waals surface area contributed by atoms with Gasteiger partial charge < -0.3 is 15.4 Å². The summed E-state index contributed by atoms with van der Waals surface area (Å²) in [5, 5.41) is 0. The van der Waals surface area contributed by atoms with Gasteiger partial charge in [0.1, 0.15) is 0 Å². The summed E-state index contributed by atoms with van der Waals surface area (Å²) < 4.78 is 4.69. The molecule has 0 spiro atoms. The van der Waals surface area contributed by atoms with Crippen molar-refractivity contribution in [3.05, 3.63) is 35.4 Å². The highest BCUT2D eigenvalue weighted by atomic mass is 127. The molecule has 110 valence electrons. The molecule has 0 heterocycles. The molecule has 1 fully saturated rings. The van der Waals surface area contributed by atoms with Crippen molar-refractivity contribution < 1.29 is 9.53 Å². The van der Waals surface area contributed by atoms with Crippen LogP contribution in [0.1, 0.15) is 28.8 Å². The third-order valence-corrected chi connectivity index (χ3v) is 3.23. The number of nitrogens with two attached hydrogens (primary N) is 1. The lowest BCUT2D eigenvalue weighted by molar-refractivity contribution is 0.0600. The van der Waals surface area contributed by atoms with Crippen LogP contribution in [-0.2, 0) is 11.3 Å². The maximum absolute atomic E-state index is 11.4. The van der Waals surface area contributed by atoms with Crippen LogP contribution in [-0.4, -0.2) is 37.0 Å². The number of ether oxygens (including phenoxy) is 1. The van der Waals surface area contributed by atoms with Crippen LogP contribution in [0.5, 0.6) is 0 Å². The van der Waals surface area contributed by atoms with Gasteiger partial charge in [-0.2, -0.15) is 0 Å². The lowest BCUT2D eigenvalue weighted by Gasteiger charge is -2.16. The summed E-state index contributed by atoms with van der Waals surface area (Å²) >= 11 is 0. The van der Waals surface area contributed by atoms with Crippen molar-refractivity contribution in [1.29, 1.82) is 0 Å². The fourth-order valence-electron chi connectivity index (χ4n) is 1.85. The van der Waals surface area contributed by atoms with Gasteiger partial charge in [-0.1, -0.05) is 12.1 Å². The SMILES string of the molecule is COC(=O)c1cccc(CN=C(N)N(C)C2CC2)c1.I. The van der Waals surface area contributed by atoms with Crippen molar-refractivity contribution in [2.24, 2.45) is 10.7 Å². The number of nitrogens with zero attached hydrogens (tertiary/aromatic N) is 2. The molecule has 1 aromatic carbocycles. The van der Waals surface area contributed by atoms with E-state index in [2.05, 4.69) is 9.73 Å².